The van der Waals surface area contributed by atoms with E-state index in [1.807, 2.05) is 30.3 Å². The zero-order chi connectivity index (χ0) is 14.7. The second-order valence-electron chi connectivity index (χ2n) is 4.65. The standard InChI is InChI=1S/C18H14BrNS/c1-21-16-11-17(13-6-3-2-4-7-13)20-18(12-16)14-8-5-9-15(19)10-14/h2-12H,1H3. The van der Waals surface area contributed by atoms with Crippen LogP contribution in [0.3, 0.4) is 0 Å². The Morgan fingerprint density at radius 1 is 0.810 bits per heavy atom. The zero-order valence-electron chi connectivity index (χ0n) is 11.6. The molecule has 1 nitrogen and oxygen atoms in total. The Labute approximate surface area is 137 Å². The summed E-state index contributed by atoms with van der Waals surface area (Å²) in [6, 6.07) is 22.8. The van der Waals surface area contributed by atoms with Gasteiger partial charge in [-0.3, -0.25) is 0 Å². The topological polar surface area (TPSA) is 12.9 Å². The number of rotatable bonds is 3. The molecule has 0 radical (unpaired) electrons. The van der Waals surface area contributed by atoms with Crippen molar-refractivity contribution in [2.75, 3.05) is 6.26 Å². The molecule has 0 spiro atoms. The molecule has 1 heterocycles. The molecular formula is C18H14BrNS. The average molecular weight is 356 g/mol. The second-order valence-corrected chi connectivity index (χ2v) is 6.45. The minimum atomic E-state index is 1.00. The quantitative estimate of drug-likeness (QED) is 0.542. The Morgan fingerprint density at radius 3 is 2.14 bits per heavy atom. The summed E-state index contributed by atoms with van der Waals surface area (Å²) < 4.78 is 1.07. The van der Waals surface area contributed by atoms with Crippen molar-refractivity contribution < 1.29 is 0 Å². The first-order valence-electron chi connectivity index (χ1n) is 6.64. The molecule has 0 atom stereocenters. The molecule has 0 aliphatic rings. The summed E-state index contributed by atoms with van der Waals surface area (Å²) in [6.45, 7) is 0. The lowest BCUT2D eigenvalue weighted by atomic mass is 10.1. The van der Waals surface area contributed by atoms with Crippen LogP contribution in [0, 0.1) is 0 Å². The van der Waals surface area contributed by atoms with E-state index in [-0.39, 0.29) is 0 Å². The van der Waals surface area contributed by atoms with E-state index in [9.17, 15) is 0 Å². The molecule has 3 heteroatoms. The molecule has 3 rings (SSSR count). The maximum absolute atomic E-state index is 4.83. The fraction of sp³-hybridized carbons (Fsp3) is 0.0556. The Balaban J connectivity index is 2.14. The van der Waals surface area contributed by atoms with Crippen molar-refractivity contribution >= 4 is 27.7 Å². The van der Waals surface area contributed by atoms with Crippen LogP contribution in [0.4, 0.5) is 0 Å². The number of aromatic nitrogens is 1. The van der Waals surface area contributed by atoms with Crippen LogP contribution in [-0.4, -0.2) is 11.2 Å². The van der Waals surface area contributed by atoms with Crippen LogP contribution in [0.2, 0.25) is 0 Å². The van der Waals surface area contributed by atoms with Gasteiger partial charge in [-0.25, -0.2) is 4.98 Å². The van der Waals surface area contributed by atoms with Crippen LogP contribution in [0.15, 0.2) is 76.1 Å². The average Bonchev–Trinajstić information content (AvgIpc) is 2.55. The second kappa shape index (κ2) is 6.46. The van der Waals surface area contributed by atoms with Gasteiger partial charge < -0.3 is 0 Å². The molecule has 0 aliphatic carbocycles. The molecule has 0 amide bonds. The van der Waals surface area contributed by atoms with E-state index in [0.717, 1.165) is 27.0 Å². The fourth-order valence-electron chi connectivity index (χ4n) is 2.18. The van der Waals surface area contributed by atoms with Crippen molar-refractivity contribution in [3.8, 4) is 22.5 Å². The van der Waals surface area contributed by atoms with Crippen molar-refractivity contribution in [1.82, 2.24) is 4.98 Å². The van der Waals surface area contributed by atoms with Gasteiger partial charge in [0.15, 0.2) is 0 Å². The van der Waals surface area contributed by atoms with Crippen LogP contribution >= 0.6 is 27.7 Å². The van der Waals surface area contributed by atoms with Crippen molar-refractivity contribution in [3.05, 3.63) is 71.2 Å². The predicted octanol–water partition coefficient (Wildman–Crippen LogP) is 5.90. The molecule has 0 fully saturated rings. The summed E-state index contributed by atoms with van der Waals surface area (Å²) in [7, 11) is 0. The SMILES string of the molecule is CSc1cc(-c2ccccc2)nc(-c2cccc(Br)c2)c1. The Hall–Kier alpha value is -1.58. The molecule has 3 aromatic rings. The number of pyridine rings is 1. The molecule has 0 aliphatic heterocycles. The smallest absolute Gasteiger partial charge is 0.0721 e. The lowest BCUT2D eigenvalue weighted by Crippen LogP contribution is -1.89. The first-order chi connectivity index (χ1) is 10.3. The molecule has 21 heavy (non-hydrogen) atoms. The van der Waals surface area contributed by atoms with E-state index in [4.69, 9.17) is 4.98 Å². The van der Waals surface area contributed by atoms with Gasteiger partial charge >= 0.3 is 0 Å². The van der Waals surface area contributed by atoms with Gasteiger partial charge in [0.25, 0.3) is 0 Å². The van der Waals surface area contributed by atoms with E-state index in [1.165, 1.54) is 4.90 Å². The van der Waals surface area contributed by atoms with Gasteiger partial charge in [-0.05, 0) is 30.5 Å². The summed E-state index contributed by atoms with van der Waals surface area (Å²) in [5.74, 6) is 0. The third-order valence-electron chi connectivity index (χ3n) is 3.22. The largest absolute Gasteiger partial charge is 0.248 e. The van der Waals surface area contributed by atoms with Crippen LogP contribution in [-0.2, 0) is 0 Å². The van der Waals surface area contributed by atoms with Crippen molar-refractivity contribution in [2.45, 2.75) is 4.90 Å². The molecule has 0 unspecified atom stereocenters. The lowest BCUT2D eigenvalue weighted by molar-refractivity contribution is 1.27. The van der Waals surface area contributed by atoms with E-state index >= 15 is 0 Å². The summed E-state index contributed by atoms with van der Waals surface area (Å²) in [4.78, 5) is 6.05. The highest BCUT2D eigenvalue weighted by atomic mass is 79.9. The highest BCUT2D eigenvalue weighted by Gasteiger charge is 2.07. The summed E-state index contributed by atoms with van der Waals surface area (Å²) >= 11 is 5.26. The van der Waals surface area contributed by atoms with Crippen LogP contribution < -0.4 is 0 Å². The predicted molar refractivity (Wildman–Crippen MR) is 94.6 cm³/mol. The molecule has 0 saturated heterocycles. The van der Waals surface area contributed by atoms with Gasteiger partial charge in [0.1, 0.15) is 0 Å². The van der Waals surface area contributed by atoms with E-state index in [0.29, 0.717) is 0 Å². The Morgan fingerprint density at radius 2 is 1.48 bits per heavy atom. The number of hydrogen-bond acceptors (Lipinski definition) is 2. The molecule has 1 aromatic heterocycles. The molecule has 0 saturated carbocycles. The molecule has 0 bridgehead atoms. The number of hydrogen-bond donors (Lipinski definition) is 0. The summed E-state index contributed by atoms with van der Waals surface area (Å²) in [5, 5.41) is 0. The minimum absolute atomic E-state index is 1.00. The number of halogens is 1. The number of thioether (sulfide) groups is 1. The number of benzene rings is 2. The molecule has 0 N–H and O–H groups in total. The van der Waals surface area contributed by atoms with Crippen molar-refractivity contribution in [3.63, 3.8) is 0 Å². The van der Waals surface area contributed by atoms with Crippen LogP contribution in [0.25, 0.3) is 22.5 Å². The summed E-state index contributed by atoms with van der Waals surface area (Å²) in [6.07, 6.45) is 2.09. The van der Waals surface area contributed by atoms with Crippen LogP contribution in [0.1, 0.15) is 0 Å². The first kappa shape index (κ1) is 14.4. The molecule has 2 aromatic carbocycles. The van der Waals surface area contributed by atoms with E-state index in [1.54, 1.807) is 11.8 Å². The minimum Gasteiger partial charge on any atom is -0.248 e. The first-order valence-corrected chi connectivity index (χ1v) is 8.65. The van der Waals surface area contributed by atoms with Crippen molar-refractivity contribution in [2.24, 2.45) is 0 Å². The molecule has 104 valence electrons. The highest BCUT2D eigenvalue weighted by molar-refractivity contribution is 9.10. The maximum Gasteiger partial charge on any atom is 0.0721 e. The van der Waals surface area contributed by atoms with Crippen molar-refractivity contribution in [1.29, 1.82) is 0 Å². The number of nitrogens with zero attached hydrogens (tertiary/aromatic N) is 1. The van der Waals surface area contributed by atoms with E-state index < -0.39 is 0 Å². The fourth-order valence-corrected chi connectivity index (χ4v) is 3.03. The highest BCUT2D eigenvalue weighted by Crippen LogP contribution is 2.29. The van der Waals surface area contributed by atoms with Crippen LogP contribution in [0.5, 0.6) is 0 Å². The molecular weight excluding hydrogens is 342 g/mol. The van der Waals surface area contributed by atoms with Gasteiger partial charge in [0, 0.05) is 20.5 Å². The maximum atomic E-state index is 4.83. The monoisotopic (exact) mass is 355 g/mol. The Bertz CT molecular complexity index is 756. The third kappa shape index (κ3) is 3.36. The lowest BCUT2D eigenvalue weighted by Gasteiger charge is -2.08. The van der Waals surface area contributed by atoms with E-state index in [2.05, 4.69) is 58.6 Å². The van der Waals surface area contributed by atoms with Gasteiger partial charge in [-0.15, -0.1) is 11.8 Å². The third-order valence-corrected chi connectivity index (χ3v) is 4.42. The van der Waals surface area contributed by atoms with Gasteiger partial charge in [-0.1, -0.05) is 58.4 Å². The van der Waals surface area contributed by atoms with Gasteiger partial charge in [0.05, 0.1) is 11.4 Å². The van der Waals surface area contributed by atoms with Gasteiger partial charge in [0.2, 0.25) is 0 Å². The zero-order valence-corrected chi connectivity index (χ0v) is 14.0. The normalized spacial score (nSPS) is 10.6. The summed E-state index contributed by atoms with van der Waals surface area (Å²) in [5.41, 5.74) is 4.28. The van der Waals surface area contributed by atoms with Gasteiger partial charge in [-0.2, -0.15) is 0 Å². The Kier molecular flexibility index (Phi) is 4.42.